The van der Waals surface area contributed by atoms with E-state index >= 15 is 0 Å². The van der Waals surface area contributed by atoms with E-state index in [9.17, 15) is 0 Å². The highest BCUT2D eigenvalue weighted by atomic mass is 16.5. The van der Waals surface area contributed by atoms with Crippen molar-refractivity contribution in [3.63, 3.8) is 0 Å². The molecule has 1 N–H and O–H groups in total. The fraction of sp³-hybridized carbons (Fsp3) is 0.250. The summed E-state index contributed by atoms with van der Waals surface area (Å²) in [5.74, 6) is 0.431. The van der Waals surface area contributed by atoms with E-state index in [1.165, 1.54) is 6.21 Å². The summed E-state index contributed by atoms with van der Waals surface area (Å²) in [7, 11) is 0. The largest absolute Gasteiger partial charge is 0.512 e. The number of aliphatic imine (C=N–C) groups is 1. The number of ether oxygens (including phenoxy) is 1. The quantitative estimate of drug-likeness (QED) is 0.448. The number of allylic oxidation sites excluding steroid dienone is 1. The zero-order valence-electron chi connectivity index (χ0n) is 3.66. The van der Waals surface area contributed by atoms with Crippen molar-refractivity contribution in [1.82, 2.24) is 0 Å². The molecule has 0 saturated heterocycles. The van der Waals surface area contributed by atoms with Crippen molar-refractivity contribution in [1.29, 1.82) is 0 Å². The lowest BCUT2D eigenvalue weighted by Gasteiger charge is -1.87. The number of aliphatic hydroxyl groups is 1. The first-order valence-electron chi connectivity index (χ1n) is 1.90. The van der Waals surface area contributed by atoms with Gasteiger partial charge in [-0.05, 0) is 0 Å². The van der Waals surface area contributed by atoms with Crippen molar-refractivity contribution in [2.45, 2.75) is 0 Å². The number of nitrogens with zero attached hydrogens (tertiary/aromatic N) is 1. The second-order valence-electron chi connectivity index (χ2n) is 1.12. The summed E-state index contributed by atoms with van der Waals surface area (Å²) >= 11 is 0. The maximum Gasteiger partial charge on any atom is 0.179 e. The molecule has 0 aromatic rings. The summed E-state index contributed by atoms with van der Waals surface area (Å²) in [6.07, 6.45) is 2.36. The normalized spacial score (nSPS) is 23.1. The van der Waals surface area contributed by atoms with E-state index in [1.807, 2.05) is 0 Å². The molecule has 1 aliphatic rings. The van der Waals surface area contributed by atoms with Crippen LogP contribution in [0.4, 0.5) is 0 Å². The molecular weight excluding hydrogens is 94.0 g/mol. The minimum Gasteiger partial charge on any atom is -0.512 e. The molecule has 0 atom stereocenters. The Morgan fingerprint density at radius 2 is 2.86 bits per heavy atom. The number of hydrogen-bond acceptors (Lipinski definition) is 3. The predicted octanol–water partition coefficient (Wildman–Crippen LogP) is 0.444. The molecule has 0 aromatic carbocycles. The highest BCUT2D eigenvalue weighted by Gasteiger charge is 1.96. The third-order valence-electron chi connectivity index (χ3n) is 0.652. The van der Waals surface area contributed by atoms with E-state index in [4.69, 9.17) is 9.84 Å². The van der Waals surface area contributed by atoms with Crippen LogP contribution in [-0.4, -0.2) is 18.1 Å². The number of hydrogen-bond donors (Lipinski definition) is 1. The first-order chi connectivity index (χ1) is 3.43. The summed E-state index contributed by atoms with van der Waals surface area (Å²) in [6.45, 7) is 0.340. The first-order valence-corrected chi connectivity index (χ1v) is 1.90. The van der Waals surface area contributed by atoms with Gasteiger partial charge in [0, 0.05) is 0 Å². The van der Waals surface area contributed by atoms with Crippen molar-refractivity contribution in [2.75, 3.05) is 6.73 Å². The average Bonchev–Trinajstić information content (AvgIpc) is 2.14. The molecule has 7 heavy (non-hydrogen) atoms. The van der Waals surface area contributed by atoms with Crippen molar-refractivity contribution >= 4 is 6.21 Å². The van der Waals surface area contributed by atoms with E-state index in [0.717, 1.165) is 6.26 Å². The molecule has 0 amide bonds. The monoisotopic (exact) mass is 99.0 g/mol. The Kier molecular flexibility index (Phi) is 0.978. The Balaban J connectivity index is 2.59. The smallest absolute Gasteiger partial charge is 0.179 e. The molecule has 1 aliphatic heterocycles. The first kappa shape index (κ1) is 4.18. The fourth-order valence-corrected chi connectivity index (χ4v) is 0.347. The predicted molar refractivity (Wildman–Crippen MR) is 25.2 cm³/mol. The Morgan fingerprint density at radius 3 is 3.14 bits per heavy atom. The summed E-state index contributed by atoms with van der Waals surface area (Å²) in [4.78, 5) is 3.66. The molecule has 0 aromatic heterocycles. The molecular formula is C4H5NO2. The summed E-state index contributed by atoms with van der Waals surface area (Å²) < 4.78 is 4.69. The van der Waals surface area contributed by atoms with Crippen LogP contribution in [0.1, 0.15) is 0 Å². The lowest BCUT2D eigenvalue weighted by molar-refractivity contribution is 0.248. The standard InChI is InChI=1S/C4H5NO2/c6-2-4-1-5-3-7-4/h1-2,6H,3H2. The van der Waals surface area contributed by atoms with Gasteiger partial charge < -0.3 is 9.84 Å². The molecule has 1 heterocycles. The van der Waals surface area contributed by atoms with E-state index in [2.05, 4.69) is 4.99 Å². The maximum absolute atomic E-state index is 8.19. The minimum atomic E-state index is 0.340. The Bertz CT molecular complexity index is 114. The van der Waals surface area contributed by atoms with Crippen LogP contribution in [0, 0.1) is 0 Å². The Morgan fingerprint density at radius 1 is 2.00 bits per heavy atom. The zero-order chi connectivity index (χ0) is 5.11. The molecule has 3 nitrogen and oxygen atoms in total. The molecule has 1 rings (SSSR count). The summed E-state index contributed by atoms with van der Waals surface area (Å²) in [5, 5.41) is 8.19. The van der Waals surface area contributed by atoms with Gasteiger partial charge in [-0.2, -0.15) is 0 Å². The van der Waals surface area contributed by atoms with Gasteiger partial charge in [0.25, 0.3) is 0 Å². The lowest BCUT2D eigenvalue weighted by Crippen LogP contribution is -1.80. The lowest BCUT2D eigenvalue weighted by atomic mass is 10.6. The van der Waals surface area contributed by atoms with Crippen LogP contribution in [-0.2, 0) is 4.74 Å². The van der Waals surface area contributed by atoms with Crippen LogP contribution in [0.5, 0.6) is 0 Å². The van der Waals surface area contributed by atoms with Gasteiger partial charge in [-0.25, -0.2) is 4.99 Å². The van der Waals surface area contributed by atoms with Gasteiger partial charge in [0.2, 0.25) is 0 Å². The topological polar surface area (TPSA) is 41.8 Å². The van der Waals surface area contributed by atoms with Crippen LogP contribution in [0.15, 0.2) is 17.0 Å². The number of rotatable bonds is 0. The second kappa shape index (κ2) is 1.64. The summed E-state index contributed by atoms with van der Waals surface area (Å²) in [5.41, 5.74) is 0. The van der Waals surface area contributed by atoms with Gasteiger partial charge in [-0.15, -0.1) is 0 Å². The third kappa shape index (κ3) is 0.707. The molecule has 0 saturated carbocycles. The Hall–Kier alpha value is -0.990. The van der Waals surface area contributed by atoms with Gasteiger partial charge in [-0.1, -0.05) is 0 Å². The van der Waals surface area contributed by atoms with E-state index in [1.54, 1.807) is 0 Å². The van der Waals surface area contributed by atoms with Gasteiger partial charge >= 0.3 is 0 Å². The maximum atomic E-state index is 8.19. The second-order valence-corrected chi connectivity index (χ2v) is 1.12. The molecule has 0 spiro atoms. The van der Waals surface area contributed by atoms with Crippen LogP contribution >= 0.6 is 0 Å². The van der Waals surface area contributed by atoms with Crippen LogP contribution < -0.4 is 0 Å². The van der Waals surface area contributed by atoms with Crippen molar-refractivity contribution in [2.24, 2.45) is 4.99 Å². The molecule has 3 heteroatoms. The third-order valence-corrected chi connectivity index (χ3v) is 0.652. The molecule has 0 aliphatic carbocycles. The van der Waals surface area contributed by atoms with Crippen molar-refractivity contribution in [3.8, 4) is 0 Å². The fourth-order valence-electron chi connectivity index (χ4n) is 0.347. The van der Waals surface area contributed by atoms with Gasteiger partial charge in [0.15, 0.2) is 12.5 Å². The van der Waals surface area contributed by atoms with Gasteiger partial charge in [-0.3, -0.25) is 0 Å². The molecule has 0 unspecified atom stereocenters. The zero-order valence-corrected chi connectivity index (χ0v) is 3.66. The van der Waals surface area contributed by atoms with Crippen molar-refractivity contribution in [3.05, 3.63) is 12.0 Å². The summed E-state index contributed by atoms with van der Waals surface area (Å²) in [6, 6.07) is 0. The molecule has 0 bridgehead atoms. The Labute approximate surface area is 40.9 Å². The van der Waals surface area contributed by atoms with E-state index in [0.29, 0.717) is 12.5 Å². The molecule has 0 radical (unpaired) electrons. The highest BCUT2D eigenvalue weighted by Crippen LogP contribution is 1.98. The van der Waals surface area contributed by atoms with Gasteiger partial charge in [0.05, 0.1) is 6.21 Å². The average molecular weight is 99.1 g/mol. The van der Waals surface area contributed by atoms with Crippen molar-refractivity contribution < 1.29 is 9.84 Å². The SMILES string of the molecule is OC=C1C=NCO1. The molecule has 0 fully saturated rings. The van der Waals surface area contributed by atoms with E-state index in [-0.39, 0.29) is 0 Å². The van der Waals surface area contributed by atoms with Crippen LogP contribution in [0.25, 0.3) is 0 Å². The van der Waals surface area contributed by atoms with Gasteiger partial charge in [0.1, 0.15) is 6.26 Å². The molecule has 38 valence electrons. The number of aliphatic hydroxyl groups excluding tert-OH is 1. The van der Waals surface area contributed by atoms with Crippen LogP contribution in [0.3, 0.4) is 0 Å². The highest BCUT2D eigenvalue weighted by molar-refractivity contribution is 5.76. The minimum absolute atomic E-state index is 0.340. The van der Waals surface area contributed by atoms with Crippen LogP contribution in [0.2, 0.25) is 0 Å². The van der Waals surface area contributed by atoms with E-state index < -0.39 is 0 Å².